The molecule has 1 heterocycles. The molecule has 2 amide bonds. The number of nitrogens with zero attached hydrogens (tertiary/aromatic N) is 1. The summed E-state index contributed by atoms with van der Waals surface area (Å²) in [5, 5.41) is 11.4. The first-order valence-corrected chi connectivity index (χ1v) is 6.33. The lowest BCUT2D eigenvalue weighted by molar-refractivity contribution is -0.147. The minimum absolute atomic E-state index is 0.110. The average molecular weight is 288 g/mol. The molecule has 2 N–H and O–H groups in total. The number of carboxylic acid groups (broad SMARTS) is 1. The van der Waals surface area contributed by atoms with Crippen molar-refractivity contribution in [2.45, 2.75) is 38.5 Å². The number of aliphatic carboxylic acids is 1. The summed E-state index contributed by atoms with van der Waals surface area (Å²) in [6.45, 7) is 4.40. The van der Waals surface area contributed by atoms with Gasteiger partial charge in [-0.1, -0.05) is 0 Å². The van der Waals surface area contributed by atoms with Crippen LogP contribution in [0.1, 0.15) is 20.3 Å². The molecule has 0 bridgehead atoms. The van der Waals surface area contributed by atoms with E-state index in [4.69, 9.17) is 9.84 Å². The Hall–Kier alpha value is -1.83. The van der Waals surface area contributed by atoms with Crippen molar-refractivity contribution >= 4 is 18.0 Å². The molecule has 2 unspecified atom stereocenters. The largest absolute Gasteiger partial charge is 0.480 e. The van der Waals surface area contributed by atoms with Gasteiger partial charge in [-0.15, -0.1) is 0 Å². The standard InChI is InChI=1S/C12H20N2O6/c1-7-6-20-8(2)5-14(7)12(18)13-9(11(16)17)4-10(15)19-3/h7-9H,4-6H2,1-3H3,(H,13,18)(H,16,17)/t7?,8?,9-/m0/s1. The van der Waals surface area contributed by atoms with E-state index in [0.717, 1.165) is 7.11 Å². The number of morpholine rings is 1. The zero-order chi connectivity index (χ0) is 15.3. The topological polar surface area (TPSA) is 105 Å². The van der Waals surface area contributed by atoms with Crippen molar-refractivity contribution in [2.24, 2.45) is 0 Å². The minimum Gasteiger partial charge on any atom is -0.480 e. The molecule has 0 radical (unpaired) electrons. The minimum atomic E-state index is -1.31. The fraction of sp³-hybridized carbons (Fsp3) is 0.750. The van der Waals surface area contributed by atoms with Crippen molar-refractivity contribution < 1.29 is 29.0 Å². The molecule has 114 valence electrons. The van der Waals surface area contributed by atoms with Gasteiger partial charge in [0.2, 0.25) is 0 Å². The van der Waals surface area contributed by atoms with E-state index in [0.29, 0.717) is 13.2 Å². The van der Waals surface area contributed by atoms with Crippen LogP contribution in [0.2, 0.25) is 0 Å². The second-order valence-corrected chi connectivity index (χ2v) is 4.77. The number of urea groups is 1. The van der Waals surface area contributed by atoms with E-state index in [1.807, 2.05) is 13.8 Å². The number of hydrogen-bond donors (Lipinski definition) is 2. The van der Waals surface area contributed by atoms with Crippen LogP contribution in [0, 0.1) is 0 Å². The van der Waals surface area contributed by atoms with Crippen molar-refractivity contribution in [3.8, 4) is 0 Å². The molecule has 20 heavy (non-hydrogen) atoms. The fourth-order valence-corrected chi connectivity index (χ4v) is 1.87. The molecule has 3 atom stereocenters. The second-order valence-electron chi connectivity index (χ2n) is 4.77. The van der Waals surface area contributed by atoms with Crippen LogP contribution in [0.15, 0.2) is 0 Å². The molecule has 8 heteroatoms. The number of ether oxygens (including phenoxy) is 2. The number of carbonyl (C=O) groups excluding carboxylic acids is 2. The van der Waals surface area contributed by atoms with E-state index in [9.17, 15) is 14.4 Å². The maximum absolute atomic E-state index is 12.1. The Morgan fingerprint density at radius 2 is 2.10 bits per heavy atom. The molecule has 0 aliphatic carbocycles. The van der Waals surface area contributed by atoms with Crippen LogP contribution >= 0.6 is 0 Å². The lowest BCUT2D eigenvalue weighted by Crippen LogP contribution is -2.56. The highest BCUT2D eigenvalue weighted by Gasteiger charge is 2.31. The first-order chi connectivity index (χ1) is 9.35. The summed E-state index contributed by atoms with van der Waals surface area (Å²) in [5.41, 5.74) is 0. The van der Waals surface area contributed by atoms with Crippen LogP contribution in [0.3, 0.4) is 0 Å². The molecule has 0 aromatic rings. The summed E-state index contributed by atoms with van der Waals surface area (Å²) in [5.74, 6) is -1.97. The Labute approximate surface area is 117 Å². The first-order valence-electron chi connectivity index (χ1n) is 6.33. The summed E-state index contributed by atoms with van der Waals surface area (Å²) >= 11 is 0. The van der Waals surface area contributed by atoms with Crippen LogP contribution in [-0.4, -0.2) is 66.4 Å². The highest BCUT2D eigenvalue weighted by molar-refractivity contribution is 5.86. The second kappa shape index (κ2) is 7.09. The summed E-state index contributed by atoms with van der Waals surface area (Å²) in [7, 11) is 1.16. The average Bonchev–Trinajstić information content (AvgIpc) is 2.40. The number of nitrogens with one attached hydrogen (secondary N) is 1. The quantitative estimate of drug-likeness (QED) is 0.695. The van der Waals surface area contributed by atoms with E-state index in [1.54, 1.807) is 0 Å². The zero-order valence-electron chi connectivity index (χ0n) is 11.8. The van der Waals surface area contributed by atoms with Gasteiger partial charge in [0.1, 0.15) is 6.04 Å². The normalized spacial score (nSPS) is 23.9. The van der Waals surface area contributed by atoms with Crippen molar-refractivity contribution in [3.05, 3.63) is 0 Å². The van der Waals surface area contributed by atoms with Crippen LogP contribution in [0.25, 0.3) is 0 Å². The molecule has 0 saturated carbocycles. The van der Waals surface area contributed by atoms with Gasteiger partial charge in [-0.25, -0.2) is 9.59 Å². The predicted octanol–water partition coefficient (Wildman–Crippen LogP) is -0.178. The molecule has 1 aliphatic heterocycles. The zero-order valence-corrected chi connectivity index (χ0v) is 11.8. The van der Waals surface area contributed by atoms with E-state index < -0.39 is 30.4 Å². The van der Waals surface area contributed by atoms with E-state index >= 15 is 0 Å². The number of hydrogen-bond acceptors (Lipinski definition) is 5. The first kappa shape index (κ1) is 16.2. The molecule has 1 rings (SSSR count). The third-order valence-corrected chi connectivity index (χ3v) is 3.06. The van der Waals surface area contributed by atoms with Gasteiger partial charge in [-0.05, 0) is 13.8 Å². The maximum Gasteiger partial charge on any atom is 0.326 e. The molecule has 0 aromatic heterocycles. The van der Waals surface area contributed by atoms with Crippen molar-refractivity contribution in [3.63, 3.8) is 0 Å². The van der Waals surface area contributed by atoms with Crippen LogP contribution < -0.4 is 5.32 Å². The van der Waals surface area contributed by atoms with Crippen LogP contribution in [0.4, 0.5) is 4.79 Å². The van der Waals surface area contributed by atoms with Gasteiger partial charge < -0.3 is 24.8 Å². The molecule has 8 nitrogen and oxygen atoms in total. The number of carboxylic acids is 1. The smallest absolute Gasteiger partial charge is 0.326 e. The molecule has 0 aromatic carbocycles. The highest BCUT2D eigenvalue weighted by atomic mass is 16.5. The van der Waals surface area contributed by atoms with Gasteiger partial charge >= 0.3 is 18.0 Å². The predicted molar refractivity (Wildman–Crippen MR) is 68.2 cm³/mol. The van der Waals surface area contributed by atoms with Crippen molar-refractivity contribution in [1.82, 2.24) is 10.2 Å². The van der Waals surface area contributed by atoms with Crippen LogP contribution in [-0.2, 0) is 19.1 Å². The summed E-state index contributed by atoms with van der Waals surface area (Å²) in [6.07, 6.45) is -0.521. The number of methoxy groups -OCH3 is 1. The van der Waals surface area contributed by atoms with Gasteiger partial charge in [0.05, 0.1) is 32.3 Å². The molecule has 0 spiro atoms. The number of esters is 1. The summed E-state index contributed by atoms with van der Waals surface area (Å²) < 4.78 is 9.80. The molecular formula is C12H20N2O6. The lowest BCUT2D eigenvalue weighted by atomic mass is 10.2. The Balaban J connectivity index is 2.65. The SMILES string of the molecule is COC(=O)C[C@H](NC(=O)N1CC(C)OCC1C)C(=O)O. The van der Waals surface area contributed by atoms with Gasteiger partial charge in [-0.3, -0.25) is 4.79 Å². The Bertz CT molecular complexity index is 386. The Morgan fingerprint density at radius 3 is 2.65 bits per heavy atom. The summed E-state index contributed by atoms with van der Waals surface area (Å²) in [4.78, 5) is 35.8. The fourth-order valence-electron chi connectivity index (χ4n) is 1.87. The maximum atomic E-state index is 12.1. The number of amides is 2. The van der Waals surface area contributed by atoms with E-state index in [-0.39, 0.29) is 12.1 Å². The molecule has 1 aliphatic rings. The third kappa shape index (κ3) is 4.37. The van der Waals surface area contributed by atoms with Gasteiger partial charge in [0, 0.05) is 6.54 Å². The number of rotatable bonds is 4. The molecule has 1 fully saturated rings. The number of carbonyl (C=O) groups is 3. The highest BCUT2D eigenvalue weighted by Crippen LogP contribution is 2.11. The molecule has 1 saturated heterocycles. The van der Waals surface area contributed by atoms with Crippen molar-refractivity contribution in [2.75, 3.05) is 20.3 Å². The summed E-state index contributed by atoms with van der Waals surface area (Å²) in [6, 6.07) is -1.98. The molecular weight excluding hydrogens is 268 g/mol. The van der Waals surface area contributed by atoms with Gasteiger partial charge in [0.25, 0.3) is 0 Å². The third-order valence-electron chi connectivity index (χ3n) is 3.06. The van der Waals surface area contributed by atoms with Crippen LogP contribution in [0.5, 0.6) is 0 Å². The van der Waals surface area contributed by atoms with Gasteiger partial charge in [-0.2, -0.15) is 0 Å². The lowest BCUT2D eigenvalue weighted by Gasteiger charge is -2.37. The Kier molecular flexibility index (Phi) is 5.75. The van der Waals surface area contributed by atoms with Crippen molar-refractivity contribution in [1.29, 1.82) is 0 Å². The van der Waals surface area contributed by atoms with E-state index in [2.05, 4.69) is 10.1 Å². The van der Waals surface area contributed by atoms with E-state index in [1.165, 1.54) is 4.90 Å². The Morgan fingerprint density at radius 1 is 1.45 bits per heavy atom. The van der Waals surface area contributed by atoms with Gasteiger partial charge in [0.15, 0.2) is 0 Å². The monoisotopic (exact) mass is 288 g/mol.